The molecule has 0 N–H and O–H groups in total. The monoisotopic (exact) mass is 197 g/mol. The van der Waals surface area contributed by atoms with E-state index < -0.39 is 0 Å². The van der Waals surface area contributed by atoms with E-state index in [2.05, 4.69) is 0 Å². The Bertz CT molecular complexity index is 321. The van der Waals surface area contributed by atoms with Crippen LogP contribution in [0, 0.1) is 6.42 Å². The zero-order valence-corrected chi connectivity index (χ0v) is 8.26. The molecule has 2 nitrogen and oxygen atoms in total. The number of Topliss-reactive ketones (excluding diaryl/α,β-unsaturated/α-hetero) is 1. The highest BCUT2D eigenvalue weighted by Crippen LogP contribution is 2.25. The van der Waals surface area contributed by atoms with Crippen LogP contribution >= 0.6 is 11.6 Å². The fraction of sp³-hybridized carbons (Fsp3) is 0.200. The molecule has 69 valence electrons. The SMILES string of the molecule is C[CH]C(=O)c1ccc(OC)c(Cl)c1. The molecular formula is C10H10ClO2. The minimum absolute atomic E-state index is 0.0375. The molecule has 1 rings (SSSR count). The predicted octanol–water partition coefficient (Wildman–Crippen LogP) is 2.76. The Morgan fingerprint density at radius 2 is 2.23 bits per heavy atom. The maximum atomic E-state index is 11.2. The van der Waals surface area contributed by atoms with Gasteiger partial charge in [0.1, 0.15) is 5.75 Å². The van der Waals surface area contributed by atoms with Gasteiger partial charge in [-0.05, 0) is 18.2 Å². The van der Waals surface area contributed by atoms with Gasteiger partial charge >= 0.3 is 0 Å². The quantitative estimate of drug-likeness (QED) is 0.697. The zero-order chi connectivity index (χ0) is 9.84. The van der Waals surface area contributed by atoms with E-state index in [9.17, 15) is 4.79 Å². The third kappa shape index (κ3) is 2.22. The number of halogens is 1. The summed E-state index contributed by atoms with van der Waals surface area (Å²) < 4.78 is 4.96. The smallest absolute Gasteiger partial charge is 0.166 e. The molecule has 0 bridgehead atoms. The molecule has 1 aromatic rings. The van der Waals surface area contributed by atoms with E-state index in [4.69, 9.17) is 16.3 Å². The van der Waals surface area contributed by atoms with Gasteiger partial charge in [-0.2, -0.15) is 0 Å². The largest absolute Gasteiger partial charge is 0.495 e. The molecule has 0 fully saturated rings. The van der Waals surface area contributed by atoms with Crippen molar-refractivity contribution in [3.8, 4) is 5.75 Å². The average Bonchev–Trinajstić information content (AvgIpc) is 2.16. The van der Waals surface area contributed by atoms with Crippen molar-refractivity contribution in [1.82, 2.24) is 0 Å². The van der Waals surface area contributed by atoms with Gasteiger partial charge in [-0.15, -0.1) is 0 Å². The minimum atomic E-state index is -0.0375. The van der Waals surface area contributed by atoms with Crippen LogP contribution in [0.4, 0.5) is 0 Å². The van der Waals surface area contributed by atoms with Crippen LogP contribution in [0.2, 0.25) is 5.02 Å². The Morgan fingerprint density at radius 3 is 2.69 bits per heavy atom. The van der Waals surface area contributed by atoms with Gasteiger partial charge < -0.3 is 4.74 Å². The summed E-state index contributed by atoms with van der Waals surface area (Å²) in [7, 11) is 1.54. The predicted molar refractivity (Wildman–Crippen MR) is 52.3 cm³/mol. The summed E-state index contributed by atoms with van der Waals surface area (Å²) in [6.07, 6.45) is 1.50. The summed E-state index contributed by atoms with van der Waals surface area (Å²) in [4.78, 5) is 11.2. The molecule has 0 aliphatic heterocycles. The zero-order valence-electron chi connectivity index (χ0n) is 7.50. The molecule has 0 unspecified atom stereocenters. The Hall–Kier alpha value is -1.02. The lowest BCUT2D eigenvalue weighted by Crippen LogP contribution is -1.97. The maximum Gasteiger partial charge on any atom is 0.166 e. The number of rotatable bonds is 3. The van der Waals surface area contributed by atoms with E-state index in [1.165, 1.54) is 13.5 Å². The second kappa shape index (κ2) is 4.28. The summed E-state index contributed by atoms with van der Waals surface area (Å²) in [5, 5.41) is 0.454. The van der Waals surface area contributed by atoms with Gasteiger partial charge in [-0.3, -0.25) is 4.79 Å². The fourth-order valence-corrected chi connectivity index (χ4v) is 1.24. The number of hydrogen-bond acceptors (Lipinski definition) is 2. The molecule has 0 amide bonds. The van der Waals surface area contributed by atoms with Gasteiger partial charge in [0.25, 0.3) is 0 Å². The summed E-state index contributed by atoms with van der Waals surface area (Å²) >= 11 is 5.84. The number of hydrogen-bond donors (Lipinski definition) is 0. The van der Waals surface area contributed by atoms with Crippen molar-refractivity contribution in [2.75, 3.05) is 7.11 Å². The molecule has 0 atom stereocenters. The van der Waals surface area contributed by atoms with Crippen LogP contribution in [0.3, 0.4) is 0 Å². The molecule has 1 aromatic carbocycles. The normalized spacial score (nSPS) is 9.77. The number of methoxy groups -OCH3 is 1. The van der Waals surface area contributed by atoms with Gasteiger partial charge in [0.2, 0.25) is 0 Å². The van der Waals surface area contributed by atoms with Gasteiger partial charge in [0, 0.05) is 12.0 Å². The van der Waals surface area contributed by atoms with Crippen molar-refractivity contribution in [3.63, 3.8) is 0 Å². The van der Waals surface area contributed by atoms with E-state index in [1.54, 1.807) is 25.1 Å². The third-order valence-corrected chi connectivity index (χ3v) is 1.99. The molecule has 0 spiro atoms. The molecule has 0 heterocycles. The molecule has 0 saturated carbocycles. The van der Waals surface area contributed by atoms with Crippen LogP contribution in [0.15, 0.2) is 18.2 Å². The first kappa shape index (κ1) is 10.1. The van der Waals surface area contributed by atoms with E-state index in [1.807, 2.05) is 0 Å². The van der Waals surface area contributed by atoms with Crippen molar-refractivity contribution >= 4 is 17.4 Å². The lowest BCUT2D eigenvalue weighted by Gasteiger charge is -2.03. The van der Waals surface area contributed by atoms with Crippen LogP contribution in [0.25, 0.3) is 0 Å². The number of benzene rings is 1. The first-order valence-electron chi connectivity index (χ1n) is 3.86. The molecular weight excluding hydrogens is 188 g/mol. The molecule has 0 saturated heterocycles. The van der Waals surface area contributed by atoms with Crippen LogP contribution in [-0.4, -0.2) is 12.9 Å². The highest BCUT2D eigenvalue weighted by molar-refractivity contribution is 6.32. The van der Waals surface area contributed by atoms with Crippen molar-refractivity contribution in [3.05, 3.63) is 35.2 Å². The topological polar surface area (TPSA) is 26.3 Å². The van der Waals surface area contributed by atoms with Crippen LogP contribution in [0.5, 0.6) is 5.75 Å². The highest BCUT2D eigenvalue weighted by Gasteiger charge is 2.06. The number of carbonyl (C=O) groups is 1. The number of ether oxygens (including phenoxy) is 1. The minimum Gasteiger partial charge on any atom is -0.495 e. The molecule has 3 heteroatoms. The molecule has 0 aliphatic carbocycles. The third-order valence-electron chi connectivity index (χ3n) is 1.70. The summed E-state index contributed by atoms with van der Waals surface area (Å²) in [5.74, 6) is 0.541. The van der Waals surface area contributed by atoms with Gasteiger partial charge in [0.05, 0.1) is 12.1 Å². The van der Waals surface area contributed by atoms with Gasteiger partial charge in [-0.1, -0.05) is 18.5 Å². The lowest BCUT2D eigenvalue weighted by atomic mass is 10.1. The molecule has 0 aromatic heterocycles. The van der Waals surface area contributed by atoms with Crippen molar-refractivity contribution in [1.29, 1.82) is 0 Å². The Balaban J connectivity index is 3.02. The summed E-state index contributed by atoms with van der Waals surface area (Å²) in [5.41, 5.74) is 0.577. The standard InChI is InChI=1S/C10H10ClO2/c1-3-9(12)7-4-5-10(13-2)8(11)6-7/h3-6H,1-2H3. The van der Waals surface area contributed by atoms with Gasteiger partial charge in [-0.25, -0.2) is 0 Å². The molecule has 1 radical (unpaired) electrons. The fourth-order valence-electron chi connectivity index (χ4n) is 0.986. The summed E-state index contributed by atoms with van der Waals surface area (Å²) in [6, 6.07) is 4.97. The van der Waals surface area contributed by atoms with Gasteiger partial charge in [0.15, 0.2) is 5.78 Å². The van der Waals surface area contributed by atoms with E-state index in [-0.39, 0.29) is 5.78 Å². The van der Waals surface area contributed by atoms with Crippen LogP contribution < -0.4 is 4.74 Å². The Morgan fingerprint density at radius 1 is 1.54 bits per heavy atom. The van der Waals surface area contributed by atoms with Crippen molar-refractivity contribution in [2.45, 2.75) is 6.92 Å². The highest BCUT2D eigenvalue weighted by atomic mass is 35.5. The van der Waals surface area contributed by atoms with Crippen LogP contribution in [0.1, 0.15) is 17.3 Å². The van der Waals surface area contributed by atoms with Crippen LogP contribution in [-0.2, 0) is 0 Å². The summed E-state index contributed by atoms with van der Waals surface area (Å²) in [6.45, 7) is 1.69. The molecule has 13 heavy (non-hydrogen) atoms. The second-order valence-electron chi connectivity index (χ2n) is 2.50. The average molecular weight is 198 g/mol. The van der Waals surface area contributed by atoms with E-state index in [0.717, 1.165) is 0 Å². The number of ketones is 1. The van der Waals surface area contributed by atoms with Crippen molar-refractivity contribution < 1.29 is 9.53 Å². The first-order chi connectivity index (χ1) is 6.19. The van der Waals surface area contributed by atoms with E-state index in [0.29, 0.717) is 16.3 Å². The Labute approximate surface area is 82.5 Å². The molecule has 0 aliphatic rings. The second-order valence-corrected chi connectivity index (χ2v) is 2.91. The first-order valence-corrected chi connectivity index (χ1v) is 4.24. The van der Waals surface area contributed by atoms with Crippen molar-refractivity contribution in [2.24, 2.45) is 0 Å². The van der Waals surface area contributed by atoms with E-state index >= 15 is 0 Å². The maximum absolute atomic E-state index is 11.2. The Kier molecular flexibility index (Phi) is 3.32. The number of carbonyl (C=O) groups excluding carboxylic acids is 1. The lowest BCUT2D eigenvalue weighted by molar-refractivity contribution is 0.103.